The highest BCUT2D eigenvalue weighted by molar-refractivity contribution is 6.30. The lowest BCUT2D eigenvalue weighted by molar-refractivity contribution is 0.413. The first-order valence-corrected chi connectivity index (χ1v) is 6.79. The fourth-order valence-corrected chi connectivity index (χ4v) is 2.47. The molecular formula is C16H15ClN2O. The largest absolute Gasteiger partial charge is 0.495 e. The summed E-state index contributed by atoms with van der Waals surface area (Å²) in [5.41, 5.74) is 3.35. The molecule has 0 unspecified atom stereocenters. The van der Waals surface area contributed by atoms with Crippen LogP contribution in [0.4, 0.5) is 0 Å². The second-order valence-electron chi connectivity index (χ2n) is 4.79. The van der Waals surface area contributed by atoms with Crippen molar-refractivity contribution in [2.24, 2.45) is 0 Å². The van der Waals surface area contributed by atoms with Gasteiger partial charge >= 0.3 is 0 Å². The minimum atomic E-state index is 0.755. The first-order valence-electron chi connectivity index (χ1n) is 6.41. The minimum absolute atomic E-state index is 0.755. The molecule has 4 heteroatoms. The number of ether oxygens (including phenoxy) is 1. The lowest BCUT2D eigenvalue weighted by Gasteiger charge is -2.08. The van der Waals surface area contributed by atoms with Gasteiger partial charge in [0.25, 0.3) is 0 Å². The van der Waals surface area contributed by atoms with Gasteiger partial charge < -0.3 is 9.30 Å². The van der Waals surface area contributed by atoms with Crippen LogP contribution < -0.4 is 4.74 Å². The van der Waals surface area contributed by atoms with Gasteiger partial charge in [0.2, 0.25) is 0 Å². The number of rotatable bonds is 3. The molecule has 3 aromatic rings. The highest BCUT2D eigenvalue weighted by Crippen LogP contribution is 2.23. The maximum absolute atomic E-state index is 5.92. The van der Waals surface area contributed by atoms with Crippen LogP contribution in [0.3, 0.4) is 0 Å². The smallest absolute Gasteiger partial charge is 0.140 e. The monoisotopic (exact) mass is 286 g/mol. The molecule has 0 saturated carbocycles. The van der Waals surface area contributed by atoms with E-state index in [0.29, 0.717) is 0 Å². The van der Waals surface area contributed by atoms with Crippen LogP contribution in [-0.2, 0) is 6.54 Å². The summed E-state index contributed by atoms with van der Waals surface area (Å²) in [4.78, 5) is 4.50. The van der Waals surface area contributed by atoms with Crippen molar-refractivity contribution in [2.45, 2.75) is 13.5 Å². The highest BCUT2D eigenvalue weighted by Gasteiger charge is 2.08. The molecule has 0 saturated heterocycles. The first-order chi connectivity index (χ1) is 9.67. The SMILES string of the molecule is COc1cnc2c(c1)cc(C)n2Cc1ccc(Cl)cc1. The third kappa shape index (κ3) is 2.37. The van der Waals surface area contributed by atoms with Gasteiger partial charge in [-0.05, 0) is 36.8 Å². The van der Waals surface area contributed by atoms with Gasteiger partial charge in [0.05, 0.1) is 13.3 Å². The molecule has 0 atom stereocenters. The molecule has 2 aromatic heterocycles. The molecular weight excluding hydrogens is 272 g/mol. The van der Waals surface area contributed by atoms with Crippen LogP contribution in [0.25, 0.3) is 11.0 Å². The molecule has 20 heavy (non-hydrogen) atoms. The van der Waals surface area contributed by atoms with Crippen molar-refractivity contribution in [2.75, 3.05) is 7.11 Å². The summed E-state index contributed by atoms with van der Waals surface area (Å²) in [6, 6.07) is 12.0. The fraction of sp³-hybridized carbons (Fsp3) is 0.188. The fourth-order valence-electron chi connectivity index (χ4n) is 2.34. The average Bonchev–Trinajstić information content (AvgIpc) is 2.76. The molecule has 3 nitrogen and oxygen atoms in total. The predicted octanol–water partition coefficient (Wildman–Crippen LogP) is 4.06. The van der Waals surface area contributed by atoms with Crippen LogP contribution in [0.5, 0.6) is 5.75 Å². The van der Waals surface area contributed by atoms with Crippen molar-refractivity contribution in [1.29, 1.82) is 0 Å². The number of methoxy groups -OCH3 is 1. The number of aryl methyl sites for hydroxylation is 1. The van der Waals surface area contributed by atoms with Crippen molar-refractivity contribution >= 4 is 22.6 Å². The molecule has 0 aliphatic heterocycles. The van der Waals surface area contributed by atoms with E-state index in [1.165, 1.54) is 11.3 Å². The molecule has 0 radical (unpaired) electrons. The third-order valence-electron chi connectivity index (χ3n) is 3.41. The van der Waals surface area contributed by atoms with Crippen LogP contribution in [0.15, 0.2) is 42.6 Å². The van der Waals surface area contributed by atoms with Crippen molar-refractivity contribution in [1.82, 2.24) is 9.55 Å². The Bertz CT molecular complexity index is 747. The molecule has 3 rings (SSSR count). The number of aromatic nitrogens is 2. The normalized spacial score (nSPS) is 10.9. The first kappa shape index (κ1) is 13.0. The summed E-state index contributed by atoms with van der Waals surface area (Å²) in [5.74, 6) is 0.779. The van der Waals surface area contributed by atoms with E-state index < -0.39 is 0 Å². The van der Waals surface area contributed by atoms with Crippen molar-refractivity contribution < 1.29 is 4.74 Å². The Morgan fingerprint density at radius 1 is 1.20 bits per heavy atom. The maximum atomic E-state index is 5.92. The third-order valence-corrected chi connectivity index (χ3v) is 3.66. The Balaban J connectivity index is 2.02. The van der Waals surface area contributed by atoms with Crippen molar-refractivity contribution in [3.63, 3.8) is 0 Å². The van der Waals surface area contributed by atoms with Crippen molar-refractivity contribution in [3.8, 4) is 5.75 Å². The molecule has 1 aromatic carbocycles. The highest BCUT2D eigenvalue weighted by atomic mass is 35.5. The molecule has 2 heterocycles. The zero-order valence-corrected chi connectivity index (χ0v) is 12.2. The summed E-state index contributed by atoms with van der Waals surface area (Å²) < 4.78 is 7.41. The summed E-state index contributed by atoms with van der Waals surface area (Å²) in [7, 11) is 1.65. The molecule has 0 aliphatic carbocycles. The topological polar surface area (TPSA) is 27.1 Å². The molecule has 102 valence electrons. The summed E-state index contributed by atoms with van der Waals surface area (Å²) in [6.45, 7) is 2.87. The Kier molecular flexibility index (Phi) is 3.36. The summed E-state index contributed by atoms with van der Waals surface area (Å²) in [5, 5.41) is 1.85. The second-order valence-corrected chi connectivity index (χ2v) is 5.22. The molecule has 0 amide bonds. The van der Waals surface area contributed by atoms with E-state index in [-0.39, 0.29) is 0 Å². The van der Waals surface area contributed by atoms with Gasteiger partial charge in [-0.1, -0.05) is 23.7 Å². The number of pyridine rings is 1. The number of fused-ring (bicyclic) bond motifs is 1. The molecule has 0 fully saturated rings. The van der Waals surface area contributed by atoms with Gasteiger partial charge in [-0.2, -0.15) is 0 Å². The Morgan fingerprint density at radius 2 is 1.95 bits per heavy atom. The van der Waals surface area contributed by atoms with Crippen LogP contribution in [0.1, 0.15) is 11.3 Å². The van der Waals surface area contributed by atoms with Gasteiger partial charge in [0.15, 0.2) is 0 Å². The molecule has 0 aliphatic rings. The van der Waals surface area contributed by atoms with E-state index in [2.05, 4.69) is 22.5 Å². The minimum Gasteiger partial charge on any atom is -0.495 e. The molecule has 0 N–H and O–H groups in total. The van der Waals surface area contributed by atoms with E-state index in [0.717, 1.165) is 28.4 Å². The molecule has 0 spiro atoms. The van der Waals surface area contributed by atoms with E-state index in [9.17, 15) is 0 Å². The van der Waals surface area contributed by atoms with Gasteiger partial charge in [0, 0.05) is 22.6 Å². The lowest BCUT2D eigenvalue weighted by atomic mass is 10.2. The Morgan fingerprint density at radius 3 is 2.65 bits per heavy atom. The van der Waals surface area contributed by atoms with E-state index in [1.54, 1.807) is 13.3 Å². The van der Waals surface area contributed by atoms with Crippen LogP contribution in [0.2, 0.25) is 5.02 Å². The maximum Gasteiger partial charge on any atom is 0.140 e. The van der Waals surface area contributed by atoms with E-state index >= 15 is 0 Å². The number of hydrogen-bond acceptors (Lipinski definition) is 2. The van der Waals surface area contributed by atoms with Gasteiger partial charge in [-0.25, -0.2) is 4.98 Å². The summed E-state index contributed by atoms with van der Waals surface area (Å²) in [6.07, 6.45) is 1.75. The van der Waals surface area contributed by atoms with Gasteiger partial charge in [-0.3, -0.25) is 0 Å². The standard InChI is InChI=1S/C16H15ClN2O/c1-11-7-13-8-15(20-2)9-18-16(13)19(11)10-12-3-5-14(17)6-4-12/h3-9H,10H2,1-2H3. The van der Waals surface area contributed by atoms with E-state index in [4.69, 9.17) is 16.3 Å². The molecule has 0 bridgehead atoms. The van der Waals surface area contributed by atoms with Gasteiger partial charge in [-0.15, -0.1) is 0 Å². The Labute approximate surface area is 122 Å². The number of nitrogens with zero attached hydrogens (tertiary/aromatic N) is 2. The predicted molar refractivity (Wildman–Crippen MR) is 81.6 cm³/mol. The average molecular weight is 287 g/mol. The number of benzene rings is 1. The Hall–Kier alpha value is -2.00. The number of hydrogen-bond donors (Lipinski definition) is 0. The van der Waals surface area contributed by atoms with Crippen LogP contribution >= 0.6 is 11.6 Å². The van der Waals surface area contributed by atoms with E-state index in [1.807, 2.05) is 30.3 Å². The number of halogens is 1. The van der Waals surface area contributed by atoms with Crippen LogP contribution in [-0.4, -0.2) is 16.7 Å². The quantitative estimate of drug-likeness (QED) is 0.726. The van der Waals surface area contributed by atoms with Gasteiger partial charge in [0.1, 0.15) is 11.4 Å². The lowest BCUT2D eigenvalue weighted by Crippen LogP contribution is -2.02. The van der Waals surface area contributed by atoms with Crippen LogP contribution in [0, 0.1) is 6.92 Å². The van der Waals surface area contributed by atoms with Crippen molar-refractivity contribution in [3.05, 3.63) is 58.9 Å². The second kappa shape index (κ2) is 5.17. The zero-order valence-electron chi connectivity index (χ0n) is 11.4. The zero-order chi connectivity index (χ0) is 14.1. The summed E-state index contributed by atoms with van der Waals surface area (Å²) >= 11 is 5.92.